The van der Waals surface area contributed by atoms with E-state index in [2.05, 4.69) is 119 Å². The van der Waals surface area contributed by atoms with E-state index >= 15 is 0 Å². The monoisotopic (exact) mass is 418 g/mol. The predicted octanol–water partition coefficient (Wildman–Crippen LogP) is 5.83. The van der Waals surface area contributed by atoms with Gasteiger partial charge >= 0.3 is 0 Å². The molecule has 0 bridgehead atoms. The first-order chi connectivity index (χ1) is 15.8. The molecule has 0 aliphatic carbocycles. The second-order valence-corrected chi connectivity index (χ2v) is 8.60. The minimum absolute atomic E-state index is 1.05. The maximum Gasteiger partial charge on any atom is 0.176 e. The number of nitrogens with zero attached hydrogens (tertiary/aromatic N) is 2. The van der Waals surface area contributed by atoms with Crippen LogP contribution in [0.4, 0.5) is 0 Å². The van der Waals surface area contributed by atoms with Gasteiger partial charge in [-0.15, -0.1) is 0 Å². The van der Waals surface area contributed by atoms with Crippen LogP contribution in [0.2, 0.25) is 0 Å². The molecule has 0 radical (unpaired) electrons. The van der Waals surface area contributed by atoms with E-state index in [0.29, 0.717) is 0 Å². The second-order valence-electron chi connectivity index (χ2n) is 8.60. The van der Waals surface area contributed by atoms with Gasteiger partial charge < -0.3 is 0 Å². The Labute approximate surface area is 190 Å². The van der Waals surface area contributed by atoms with Gasteiger partial charge in [0.2, 0.25) is 0 Å². The summed E-state index contributed by atoms with van der Waals surface area (Å²) in [6.45, 7) is 2.10. The molecular weight excluding hydrogens is 388 g/mol. The molecule has 0 fully saturated rings. The van der Waals surface area contributed by atoms with Crippen molar-refractivity contribution in [3.05, 3.63) is 121 Å². The summed E-state index contributed by atoms with van der Waals surface area (Å²) >= 11 is 0. The molecule has 2 heterocycles. The van der Waals surface area contributed by atoms with Crippen LogP contribution in [0.15, 0.2) is 110 Å². The minimum atomic E-state index is 1.05. The van der Waals surface area contributed by atoms with Crippen molar-refractivity contribution in [2.75, 3.05) is 0 Å². The molecule has 0 saturated heterocycles. The van der Waals surface area contributed by atoms with Crippen LogP contribution in [-0.4, -0.2) is 0 Å². The molecule has 0 atom stereocenters. The van der Waals surface area contributed by atoms with E-state index < -0.39 is 0 Å². The molecule has 0 amide bonds. The Morgan fingerprint density at radius 2 is 0.844 bits per heavy atom. The van der Waals surface area contributed by atoms with Crippen LogP contribution >= 0.6 is 0 Å². The SMILES string of the molecule is c1ccc(CCC[n+]2ccc3ccccc3c2)c(CCC[n+]2ccc3ccccc3c2)c1. The highest BCUT2D eigenvalue weighted by Crippen LogP contribution is 2.15. The Hall–Kier alpha value is -3.52. The third-order valence-corrected chi connectivity index (χ3v) is 6.34. The standard InChI is InChI=1S/C30H30N2/c1-2-10-26(16-8-20-32-22-18-28-12-4-6-14-30(28)24-32)25(9-1)15-7-19-31-21-17-27-11-3-5-13-29(27)23-31/h1-6,9-14,17-18,21-24H,7-8,15-16,19-20H2/q+2. The van der Waals surface area contributed by atoms with Crippen LogP contribution in [0.5, 0.6) is 0 Å². The third kappa shape index (κ3) is 4.86. The average Bonchev–Trinajstić information content (AvgIpc) is 2.85. The summed E-state index contributed by atoms with van der Waals surface area (Å²) in [7, 11) is 0. The molecule has 5 aromatic rings. The van der Waals surface area contributed by atoms with Crippen molar-refractivity contribution in [3.63, 3.8) is 0 Å². The Kier molecular flexibility index (Phi) is 6.20. The molecule has 0 saturated carbocycles. The lowest BCUT2D eigenvalue weighted by atomic mass is 9.99. The first kappa shape index (κ1) is 20.4. The number of aromatic nitrogens is 2. The van der Waals surface area contributed by atoms with E-state index in [1.807, 2.05) is 0 Å². The van der Waals surface area contributed by atoms with Crippen molar-refractivity contribution < 1.29 is 9.13 Å². The first-order valence-electron chi connectivity index (χ1n) is 11.7. The molecule has 2 nitrogen and oxygen atoms in total. The summed E-state index contributed by atoms with van der Waals surface area (Å²) in [6, 6.07) is 30.6. The smallest absolute Gasteiger partial charge is 0.176 e. The summed E-state index contributed by atoms with van der Waals surface area (Å²) in [5.41, 5.74) is 3.00. The number of rotatable bonds is 8. The van der Waals surface area contributed by atoms with E-state index in [9.17, 15) is 0 Å². The van der Waals surface area contributed by atoms with Crippen molar-refractivity contribution in [2.45, 2.75) is 38.8 Å². The fourth-order valence-corrected chi connectivity index (χ4v) is 4.58. The first-order valence-corrected chi connectivity index (χ1v) is 11.7. The van der Waals surface area contributed by atoms with Crippen molar-refractivity contribution in [1.82, 2.24) is 0 Å². The molecular formula is C30H30N2+2. The van der Waals surface area contributed by atoms with Crippen molar-refractivity contribution in [2.24, 2.45) is 0 Å². The lowest BCUT2D eigenvalue weighted by Gasteiger charge is -2.08. The highest BCUT2D eigenvalue weighted by molar-refractivity contribution is 5.80. The molecule has 3 aromatic carbocycles. The molecule has 0 aliphatic rings. The highest BCUT2D eigenvalue weighted by Gasteiger charge is 2.08. The Morgan fingerprint density at radius 3 is 1.31 bits per heavy atom. The van der Waals surface area contributed by atoms with Gasteiger partial charge in [0.15, 0.2) is 24.8 Å². The van der Waals surface area contributed by atoms with Gasteiger partial charge in [0.05, 0.1) is 0 Å². The fourth-order valence-electron chi connectivity index (χ4n) is 4.58. The fraction of sp³-hybridized carbons (Fsp3) is 0.200. The predicted molar refractivity (Wildman–Crippen MR) is 131 cm³/mol. The summed E-state index contributed by atoms with van der Waals surface area (Å²) in [6.07, 6.45) is 13.5. The Balaban J connectivity index is 1.17. The normalized spacial score (nSPS) is 11.2. The summed E-state index contributed by atoms with van der Waals surface area (Å²) in [4.78, 5) is 0. The maximum absolute atomic E-state index is 2.32. The zero-order chi connectivity index (χ0) is 21.6. The van der Waals surface area contributed by atoms with Gasteiger partial charge in [-0.05, 0) is 46.9 Å². The molecule has 0 N–H and O–H groups in total. The van der Waals surface area contributed by atoms with Gasteiger partial charge in [0.1, 0.15) is 13.1 Å². The summed E-state index contributed by atoms with van der Waals surface area (Å²) in [5.74, 6) is 0. The molecule has 0 unspecified atom stereocenters. The number of hydrogen-bond donors (Lipinski definition) is 0. The number of hydrogen-bond acceptors (Lipinski definition) is 0. The maximum atomic E-state index is 2.32. The molecule has 32 heavy (non-hydrogen) atoms. The summed E-state index contributed by atoms with van der Waals surface area (Å²) in [5, 5.41) is 5.22. The van der Waals surface area contributed by atoms with Crippen LogP contribution in [0.3, 0.4) is 0 Å². The quantitative estimate of drug-likeness (QED) is 0.280. The number of fused-ring (bicyclic) bond motifs is 2. The van der Waals surface area contributed by atoms with E-state index in [-0.39, 0.29) is 0 Å². The highest BCUT2D eigenvalue weighted by atomic mass is 14.9. The molecule has 0 aliphatic heterocycles. The van der Waals surface area contributed by atoms with E-state index in [0.717, 1.165) is 38.8 Å². The van der Waals surface area contributed by atoms with Crippen molar-refractivity contribution in [1.29, 1.82) is 0 Å². The van der Waals surface area contributed by atoms with Gasteiger partial charge in [-0.1, -0.05) is 60.7 Å². The topological polar surface area (TPSA) is 7.76 Å². The van der Waals surface area contributed by atoms with Crippen molar-refractivity contribution in [3.8, 4) is 0 Å². The molecule has 0 spiro atoms. The van der Waals surface area contributed by atoms with Crippen LogP contribution < -0.4 is 9.13 Å². The largest absolute Gasteiger partial charge is 0.204 e. The molecule has 158 valence electrons. The number of aryl methyl sites for hydroxylation is 4. The Bertz CT molecular complexity index is 1230. The lowest BCUT2D eigenvalue weighted by molar-refractivity contribution is -0.696. The van der Waals surface area contributed by atoms with Gasteiger partial charge in [0, 0.05) is 35.7 Å². The second kappa shape index (κ2) is 9.74. The van der Waals surface area contributed by atoms with Gasteiger partial charge in [-0.25, -0.2) is 9.13 Å². The number of benzene rings is 3. The zero-order valence-corrected chi connectivity index (χ0v) is 18.5. The third-order valence-electron chi connectivity index (χ3n) is 6.34. The lowest BCUT2D eigenvalue weighted by Crippen LogP contribution is -2.33. The van der Waals surface area contributed by atoms with E-state index in [4.69, 9.17) is 0 Å². The van der Waals surface area contributed by atoms with Crippen LogP contribution in [-0.2, 0) is 25.9 Å². The van der Waals surface area contributed by atoms with Gasteiger partial charge in [-0.2, -0.15) is 0 Å². The van der Waals surface area contributed by atoms with E-state index in [1.165, 1.54) is 32.7 Å². The van der Waals surface area contributed by atoms with Gasteiger partial charge in [-0.3, -0.25) is 0 Å². The number of pyridine rings is 2. The van der Waals surface area contributed by atoms with Crippen LogP contribution in [0.25, 0.3) is 21.5 Å². The zero-order valence-electron chi connectivity index (χ0n) is 18.5. The van der Waals surface area contributed by atoms with Gasteiger partial charge in [0.25, 0.3) is 0 Å². The molecule has 2 heteroatoms. The van der Waals surface area contributed by atoms with Crippen LogP contribution in [0, 0.1) is 0 Å². The summed E-state index contributed by atoms with van der Waals surface area (Å²) < 4.78 is 4.64. The minimum Gasteiger partial charge on any atom is -0.204 e. The van der Waals surface area contributed by atoms with Crippen molar-refractivity contribution >= 4 is 21.5 Å². The average molecular weight is 419 g/mol. The van der Waals surface area contributed by atoms with E-state index in [1.54, 1.807) is 0 Å². The molecule has 5 rings (SSSR count). The van der Waals surface area contributed by atoms with Crippen LogP contribution in [0.1, 0.15) is 24.0 Å². The Morgan fingerprint density at radius 1 is 0.438 bits per heavy atom. The molecule has 2 aromatic heterocycles.